The van der Waals surface area contributed by atoms with Gasteiger partial charge < -0.3 is 9.73 Å². The predicted octanol–water partition coefficient (Wildman–Crippen LogP) is 3.52. The number of benzene rings is 1. The molecule has 0 radical (unpaired) electrons. The van der Waals surface area contributed by atoms with Gasteiger partial charge in [0.1, 0.15) is 5.76 Å². The first-order chi connectivity index (χ1) is 10.1. The summed E-state index contributed by atoms with van der Waals surface area (Å²) in [7, 11) is 0. The summed E-state index contributed by atoms with van der Waals surface area (Å²) in [6.07, 6.45) is 0. The molecule has 0 amide bonds. The fourth-order valence-corrected chi connectivity index (χ4v) is 2.82. The second-order valence-corrected chi connectivity index (χ2v) is 5.99. The quantitative estimate of drug-likeness (QED) is 0.927. The molecule has 0 saturated carbocycles. The van der Waals surface area contributed by atoms with E-state index in [0.717, 1.165) is 43.2 Å². The molecule has 1 aliphatic rings. The van der Waals surface area contributed by atoms with E-state index in [-0.39, 0.29) is 12.4 Å². The van der Waals surface area contributed by atoms with Gasteiger partial charge in [0.05, 0.1) is 5.69 Å². The molecular formula is C16H21Cl2N3O. The van der Waals surface area contributed by atoms with E-state index in [1.54, 1.807) is 0 Å². The van der Waals surface area contributed by atoms with Crippen LogP contribution < -0.4 is 5.32 Å². The molecule has 1 N–H and O–H groups in total. The first-order valence-corrected chi connectivity index (χ1v) is 7.68. The van der Waals surface area contributed by atoms with Gasteiger partial charge in [-0.3, -0.25) is 4.90 Å². The van der Waals surface area contributed by atoms with Crippen LogP contribution in [0.15, 0.2) is 28.7 Å². The number of nitrogens with one attached hydrogen (secondary N) is 1. The molecule has 1 saturated heterocycles. The Hall–Kier alpha value is -1.07. The lowest BCUT2D eigenvalue weighted by Gasteiger charge is -2.33. The standard InChI is InChI=1S/C16H20ClN3O.ClH/c1-11-9-18-6-7-20(11)10-15-12(2)21-16(19-15)13-4-3-5-14(17)8-13;/h3-5,8,11,18H,6-7,9-10H2,1-2H3;1H. The molecule has 6 heteroatoms. The number of hydrogen-bond donors (Lipinski definition) is 1. The van der Waals surface area contributed by atoms with Gasteiger partial charge in [-0.25, -0.2) is 4.98 Å². The van der Waals surface area contributed by atoms with Gasteiger partial charge in [0, 0.05) is 42.8 Å². The molecule has 0 spiro atoms. The lowest BCUT2D eigenvalue weighted by molar-refractivity contribution is 0.163. The van der Waals surface area contributed by atoms with E-state index in [0.29, 0.717) is 17.0 Å². The highest BCUT2D eigenvalue weighted by Gasteiger charge is 2.21. The van der Waals surface area contributed by atoms with E-state index in [1.807, 2.05) is 31.2 Å². The molecule has 1 fully saturated rings. The van der Waals surface area contributed by atoms with Crippen molar-refractivity contribution in [2.45, 2.75) is 26.4 Å². The maximum absolute atomic E-state index is 6.03. The van der Waals surface area contributed by atoms with Crippen molar-refractivity contribution in [1.82, 2.24) is 15.2 Å². The molecule has 22 heavy (non-hydrogen) atoms. The third-order valence-corrected chi connectivity index (χ3v) is 4.19. The van der Waals surface area contributed by atoms with Gasteiger partial charge in [0.15, 0.2) is 0 Å². The number of oxazole rings is 1. The van der Waals surface area contributed by atoms with Crippen molar-refractivity contribution in [2.24, 2.45) is 0 Å². The fraction of sp³-hybridized carbons (Fsp3) is 0.438. The van der Waals surface area contributed by atoms with Crippen LogP contribution in [0.2, 0.25) is 5.02 Å². The Kier molecular flexibility index (Phi) is 5.87. The molecule has 4 nitrogen and oxygen atoms in total. The third kappa shape index (κ3) is 3.82. The first-order valence-electron chi connectivity index (χ1n) is 7.30. The summed E-state index contributed by atoms with van der Waals surface area (Å²) in [6, 6.07) is 8.13. The van der Waals surface area contributed by atoms with Crippen molar-refractivity contribution in [1.29, 1.82) is 0 Å². The molecule has 1 atom stereocenters. The molecule has 3 rings (SSSR count). The van der Waals surface area contributed by atoms with Crippen molar-refractivity contribution in [3.63, 3.8) is 0 Å². The highest BCUT2D eigenvalue weighted by atomic mass is 35.5. The van der Waals surface area contributed by atoms with Crippen LogP contribution in [-0.2, 0) is 6.54 Å². The van der Waals surface area contributed by atoms with Gasteiger partial charge in [-0.15, -0.1) is 12.4 Å². The van der Waals surface area contributed by atoms with Gasteiger partial charge >= 0.3 is 0 Å². The molecule has 1 aliphatic heterocycles. The predicted molar refractivity (Wildman–Crippen MR) is 91.7 cm³/mol. The summed E-state index contributed by atoms with van der Waals surface area (Å²) in [5.74, 6) is 1.53. The lowest BCUT2D eigenvalue weighted by atomic mass is 10.2. The minimum atomic E-state index is 0. The maximum Gasteiger partial charge on any atom is 0.226 e. The molecule has 120 valence electrons. The Morgan fingerprint density at radius 3 is 3.00 bits per heavy atom. The second-order valence-electron chi connectivity index (χ2n) is 5.56. The average molecular weight is 342 g/mol. The van der Waals surface area contributed by atoms with Crippen LogP contribution in [0.3, 0.4) is 0 Å². The molecule has 0 bridgehead atoms. The number of aryl methyl sites for hydroxylation is 1. The topological polar surface area (TPSA) is 41.3 Å². The van der Waals surface area contributed by atoms with E-state index >= 15 is 0 Å². The summed E-state index contributed by atoms with van der Waals surface area (Å²) in [6.45, 7) is 8.14. The average Bonchev–Trinajstić information content (AvgIpc) is 2.83. The van der Waals surface area contributed by atoms with Crippen LogP contribution in [0, 0.1) is 6.92 Å². The normalized spacial score (nSPS) is 19.0. The Morgan fingerprint density at radius 2 is 2.27 bits per heavy atom. The summed E-state index contributed by atoms with van der Waals surface area (Å²) in [5, 5.41) is 4.10. The molecule has 1 unspecified atom stereocenters. The van der Waals surface area contributed by atoms with Gasteiger partial charge in [0.25, 0.3) is 0 Å². The van der Waals surface area contributed by atoms with Gasteiger partial charge in [0.2, 0.25) is 5.89 Å². The summed E-state index contributed by atoms with van der Waals surface area (Å²) in [5.41, 5.74) is 1.93. The molecule has 1 aromatic carbocycles. The van der Waals surface area contributed by atoms with Gasteiger partial charge in [-0.1, -0.05) is 17.7 Å². The van der Waals surface area contributed by atoms with Crippen LogP contribution in [0.5, 0.6) is 0 Å². The van der Waals surface area contributed by atoms with Crippen molar-refractivity contribution in [3.8, 4) is 11.5 Å². The van der Waals surface area contributed by atoms with Crippen molar-refractivity contribution in [2.75, 3.05) is 19.6 Å². The smallest absolute Gasteiger partial charge is 0.226 e. The lowest BCUT2D eigenvalue weighted by Crippen LogP contribution is -2.49. The van der Waals surface area contributed by atoms with Gasteiger partial charge in [-0.2, -0.15) is 0 Å². The van der Waals surface area contributed by atoms with E-state index in [2.05, 4.69) is 22.1 Å². The molecule has 0 aliphatic carbocycles. The van der Waals surface area contributed by atoms with E-state index < -0.39 is 0 Å². The maximum atomic E-state index is 6.03. The SMILES string of the molecule is Cc1oc(-c2cccc(Cl)c2)nc1CN1CCNCC1C.Cl. The van der Waals surface area contributed by atoms with Crippen LogP contribution >= 0.6 is 24.0 Å². The van der Waals surface area contributed by atoms with E-state index in [9.17, 15) is 0 Å². The zero-order valence-corrected chi connectivity index (χ0v) is 14.4. The molecule has 2 aromatic rings. The highest BCUT2D eigenvalue weighted by molar-refractivity contribution is 6.30. The van der Waals surface area contributed by atoms with Crippen LogP contribution in [0.25, 0.3) is 11.5 Å². The van der Waals surface area contributed by atoms with Crippen molar-refractivity contribution < 1.29 is 4.42 Å². The highest BCUT2D eigenvalue weighted by Crippen LogP contribution is 2.25. The zero-order chi connectivity index (χ0) is 14.8. The Bertz CT molecular complexity index is 630. The molecule has 1 aromatic heterocycles. The Labute approximate surface area is 142 Å². The van der Waals surface area contributed by atoms with Crippen molar-refractivity contribution in [3.05, 3.63) is 40.7 Å². The number of piperazine rings is 1. The van der Waals surface area contributed by atoms with E-state index in [4.69, 9.17) is 16.0 Å². The minimum absolute atomic E-state index is 0. The number of nitrogens with zero attached hydrogens (tertiary/aromatic N) is 2. The van der Waals surface area contributed by atoms with E-state index in [1.165, 1.54) is 0 Å². The largest absolute Gasteiger partial charge is 0.441 e. The Morgan fingerprint density at radius 1 is 1.45 bits per heavy atom. The summed E-state index contributed by atoms with van der Waals surface area (Å²) < 4.78 is 5.82. The number of aromatic nitrogens is 1. The van der Waals surface area contributed by atoms with Crippen LogP contribution in [0.1, 0.15) is 18.4 Å². The summed E-state index contributed by atoms with van der Waals surface area (Å²) in [4.78, 5) is 7.10. The second kappa shape index (κ2) is 7.47. The van der Waals surface area contributed by atoms with Crippen molar-refractivity contribution >= 4 is 24.0 Å². The molecule has 2 heterocycles. The number of hydrogen-bond acceptors (Lipinski definition) is 4. The third-order valence-electron chi connectivity index (χ3n) is 3.96. The Balaban J connectivity index is 0.00000176. The van der Waals surface area contributed by atoms with Crippen LogP contribution in [-0.4, -0.2) is 35.6 Å². The molecular weight excluding hydrogens is 321 g/mol. The fourth-order valence-electron chi connectivity index (χ4n) is 2.63. The number of halogens is 2. The summed E-state index contributed by atoms with van der Waals surface area (Å²) >= 11 is 6.03. The monoisotopic (exact) mass is 341 g/mol. The first kappa shape index (κ1) is 17.3. The van der Waals surface area contributed by atoms with Crippen LogP contribution in [0.4, 0.5) is 0 Å². The number of rotatable bonds is 3. The van der Waals surface area contributed by atoms with Gasteiger partial charge in [-0.05, 0) is 32.0 Å². The zero-order valence-electron chi connectivity index (χ0n) is 12.8. The minimum Gasteiger partial charge on any atom is -0.441 e.